The van der Waals surface area contributed by atoms with Crippen LogP contribution >= 0.6 is 11.6 Å². The molecule has 0 radical (unpaired) electrons. The molecule has 2 bridgehead atoms. The first-order valence-corrected chi connectivity index (χ1v) is 4.73. The lowest BCUT2D eigenvalue weighted by molar-refractivity contribution is -0.145. The molecule has 0 aromatic heterocycles. The molecule has 4 heteroatoms. The van der Waals surface area contributed by atoms with Gasteiger partial charge in [-0.25, -0.2) is 0 Å². The van der Waals surface area contributed by atoms with Crippen molar-refractivity contribution in [3.8, 4) is 0 Å². The van der Waals surface area contributed by atoms with Crippen LogP contribution in [0.15, 0.2) is 12.2 Å². The van der Waals surface area contributed by atoms with Crippen molar-refractivity contribution in [3.05, 3.63) is 12.2 Å². The molecule has 3 aliphatic rings. The molecule has 3 nitrogen and oxygen atoms in total. The Morgan fingerprint density at radius 2 is 2.46 bits per heavy atom. The summed E-state index contributed by atoms with van der Waals surface area (Å²) in [5.41, 5.74) is 0. The molecule has 13 heavy (non-hydrogen) atoms. The highest BCUT2D eigenvalue weighted by Gasteiger charge is 2.50. The van der Waals surface area contributed by atoms with Crippen LogP contribution in [0.1, 0.15) is 6.42 Å². The highest BCUT2D eigenvalue weighted by Crippen LogP contribution is 2.38. The summed E-state index contributed by atoms with van der Waals surface area (Å²) in [4.78, 5) is 10.6. The maximum atomic E-state index is 11.5. The van der Waals surface area contributed by atoms with Crippen molar-refractivity contribution < 1.29 is 9.53 Å². The lowest BCUT2D eigenvalue weighted by Crippen LogP contribution is -2.60. The minimum Gasteiger partial charge on any atom is -0.468 e. The lowest BCUT2D eigenvalue weighted by Gasteiger charge is -2.42. The second kappa shape index (κ2) is 3.00. The van der Waals surface area contributed by atoms with E-state index in [1.54, 1.807) is 0 Å². The first-order valence-electron chi connectivity index (χ1n) is 4.36. The summed E-state index contributed by atoms with van der Waals surface area (Å²) in [6.07, 6.45) is 4.75. The van der Waals surface area contributed by atoms with Gasteiger partial charge in [-0.1, -0.05) is 12.2 Å². The zero-order valence-corrected chi connectivity index (χ0v) is 8.17. The molecule has 2 heterocycles. The average Bonchev–Trinajstić information content (AvgIpc) is 2.18. The number of hydrogen-bond acceptors (Lipinski definition) is 3. The highest BCUT2D eigenvalue weighted by atomic mass is 35.5. The van der Waals surface area contributed by atoms with E-state index < -0.39 is 4.87 Å². The quantitative estimate of drug-likeness (QED) is 0.385. The Morgan fingerprint density at radius 3 is 2.85 bits per heavy atom. The predicted octanol–water partition coefficient (Wildman–Crippen LogP) is 0.685. The van der Waals surface area contributed by atoms with E-state index in [4.69, 9.17) is 16.3 Å². The van der Waals surface area contributed by atoms with Gasteiger partial charge in [0.05, 0.1) is 13.2 Å². The first-order chi connectivity index (χ1) is 6.16. The number of piperidine rings is 1. The molecule has 1 saturated heterocycles. The van der Waals surface area contributed by atoms with Gasteiger partial charge in [0.2, 0.25) is 0 Å². The molecule has 0 unspecified atom stereocenters. The number of hydrogen-bond donors (Lipinski definition) is 1. The Balaban J connectivity index is 2.25. The lowest BCUT2D eigenvalue weighted by atomic mass is 9.78. The number of rotatable bonds is 1. The number of nitrogens with one attached hydrogen (secondary N) is 1. The normalized spacial score (nSPS) is 42.0. The third-order valence-electron chi connectivity index (χ3n) is 2.75. The fourth-order valence-corrected chi connectivity index (χ4v) is 2.45. The molecule has 3 rings (SSSR count). The zero-order valence-electron chi connectivity index (χ0n) is 7.42. The van der Waals surface area contributed by atoms with Crippen molar-refractivity contribution in [2.45, 2.75) is 17.3 Å². The van der Waals surface area contributed by atoms with Crippen molar-refractivity contribution in [2.75, 3.05) is 13.7 Å². The summed E-state index contributed by atoms with van der Waals surface area (Å²) in [7, 11) is 1.37. The van der Waals surface area contributed by atoms with Crippen molar-refractivity contribution >= 4 is 17.6 Å². The Morgan fingerprint density at radius 1 is 1.69 bits per heavy atom. The van der Waals surface area contributed by atoms with Gasteiger partial charge in [-0.3, -0.25) is 4.79 Å². The second-order valence-electron chi connectivity index (χ2n) is 3.59. The summed E-state index contributed by atoms with van der Waals surface area (Å²) in [5, 5.41) is 3.20. The minimum absolute atomic E-state index is 0.0772. The smallest absolute Gasteiger partial charge is 0.328 e. The van der Waals surface area contributed by atoms with Crippen LogP contribution in [0.3, 0.4) is 0 Å². The van der Waals surface area contributed by atoms with Gasteiger partial charge in [0.15, 0.2) is 4.87 Å². The van der Waals surface area contributed by atoms with Crippen LogP contribution in [-0.2, 0) is 9.53 Å². The largest absolute Gasteiger partial charge is 0.468 e. The summed E-state index contributed by atoms with van der Waals surface area (Å²) in [6.45, 7) is 0.909. The van der Waals surface area contributed by atoms with Crippen LogP contribution in [0, 0.1) is 5.92 Å². The van der Waals surface area contributed by atoms with Crippen LogP contribution in [0.2, 0.25) is 0 Å². The van der Waals surface area contributed by atoms with Crippen LogP contribution in [0.25, 0.3) is 0 Å². The van der Waals surface area contributed by atoms with Crippen molar-refractivity contribution in [1.29, 1.82) is 0 Å². The van der Waals surface area contributed by atoms with Gasteiger partial charge in [0, 0.05) is 6.54 Å². The van der Waals surface area contributed by atoms with E-state index in [0.717, 1.165) is 6.54 Å². The van der Waals surface area contributed by atoms with Gasteiger partial charge in [-0.05, 0) is 12.3 Å². The van der Waals surface area contributed by atoms with E-state index in [-0.39, 0.29) is 12.0 Å². The van der Waals surface area contributed by atoms with E-state index in [2.05, 4.69) is 11.4 Å². The van der Waals surface area contributed by atoms with Gasteiger partial charge in [-0.15, -0.1) is 11.6 Å². The predicted molar refractivity (Wildman–Crippen MR) is 49.6 cm³/mol. The summed E-state index contributed by atoms with van der Waals surface area (Å²) in [5.74, 6) is 0.0299. The molecule has 0 aromatic rings. The Labute approximate surface area is 82.1 Å². The van der Waals surface area contributed by atoms with Crippen LogP contribution < -0.4 is 5.32 Å². The molecule has 1 fully saturated rings. The SMILES string of the molecule is COC(=O)[C@@]1(Cl)C[C@@H]2C=C[C@H]1NC2. The molecule has 0 aromatic carbocycles. The highest BCUT2D eigenvalue weighted by molar-refractivity contribution is 6.35. The van der Waals surface area contributed by atoms with Crippen LogP contribution in [-0.4, -0.2) is 30.5 Å². The van der Waals surface area contributed by atoms with Gasteiger partial charge < -0.3 is 10.1 Å². The standard InChI is InChI=1S/C9H12ClNO2/c1-13-8(12)9(10)4-6-2-3-7(9)11-5-6/h2-3,6-7,11H,4-5H2,1H3/t6-,7+,9+/m0/s1. The topological polar surface area (TPSA) is 38.3 Å². The molecular weight excluding hydrogens is 190 g/mol. The summed E-state index contributed by atoms with van der Waals surface area (Å²) >= 11 is 6.23. The molecule has 3 atom stereocenters. The van der Waals surface area contributed by atoms with E-state index in [1.165, 1.54) is 7.11 Å². The van der Waals surface area contributed by atoms with Gasteiger partial charge in [0.25, 0.3) is 0 Å². The van der Waals surface area contributed by atoms with Crippen molar-refractivity contribution in [3.63, 3.8) is 0 Å². The molecule has 1 N–H and O–H groups in total. The molecular formula is C9H12ClNO2. The summed E-state index contributed by atoms with van der Waals surface area (Å²) < 4.78 is 4.70. The van der Waals surface area contributed by atoms with E-state index in [1.807, 2.05) is 6.08 Å². The molecule has 72 valence electrons. The number of carbonyl (C=O) groups is 1. The molecule has 0 amide bonds. The fourth-order valence-electron chi connectivity index (χ4n) is 2.03. The first kappa shape index (κ1) is 9.03. The maximum Gasteiger partial charge on any atom is 0.328 e. The Kier molecular flexibility index (Phi) is 2.08. The Hall–Kier alpha value is -0.540. The van der Waals surface area contributed by atoms with Crippen molar-refractivity contribution in [2.24, 2.45) is 5.92 Å². The monoisotopic (exact) mass is 201 g/mol. The zero-order chi connectivity index (χ0) is 9.47. The van der Waals surface area contributed by atoms with Crippen LogP contribution in [0.5, 0.6) is 0 Å². The average molecular weight is 202 g/mol. The molecule has 0 spiro atoms. The number of ether oxygens (including phenoxy) is 1. The number of methoxy groups -OCH3 is 1. The Bertz CT molecular complexity index is 266. The van der Waals surface area contributed by atoms with Crippen molar-refractivity contribution in [1.82, 2.24) is 5.32 Å². The number of halogens is 1. The number of esters is 1. The van der Waals surface area contributed by atoms with Gasteiger partial charge in [-0.2, -0.15) is 0 Å². The van der Waals surface area contributed by atoms with E-state index in [0.29, 0.717) is 12.3 Å². The third-order valence-corrected chi connectivity index (χ3v) is 3.30. The minimum atomic E-state index is -0.883. The fraction of sp³-hybridized carbons (Fsp3) is 0.667. The van der Waals surface area contributed by atoms with E-state index >= 15 is 0 Å². The van der Waals surface area contributed by atoms with Crippen LogP contribution in [0.4, 0.5) is 0 Å². The number of fused-ring (bicyclic) bond motifs is 2. The summed E-state index contributed by atoms with van der Waals surface area (Å²) in [6, 6.07) is -0.0772. The third kappa shape index (κ3) is 1.27. The molecule has 2 aliphatic heterocycles. The number of carbonyl (C=O) groups excluding carboxylic acids is 1. The second-order valence-corrected chi connectivity index (χ2v) is 4.26. The van der Waals surface area contributed by atoms with Gasteiger partial charge >= 0.3 is 5.97 Å². The van der Waals surface area contributed by atoms with E-state index in [9.17, 15) is 4.79 Å². The maximum absolute atomic E-state index is 11.5. The molecule has 0 saturated carbocycles. The van der Waals surface area contributed by atoms with Gasteiger partial charge in [0.1, 0.15) is 0 Å². The number of alkyl halides is 1. The molecule has 1 aliphatic carbocycles.